The van der Waals surface area contributed by atoms with Crippen LogP contribution in [0.2, 0.25) is 0 Å². The average Bonchev–Trinajstić information content (AvgIpc) is 3.20. The van der Waals surface area contributed by atoms with Gasteiger partial charge in [0.05, 0.1) is 0 Å². The maximum atomic E-state index is 12.8. The number of ether oxygens (including phenoxy) is 3. The minimum atomic E-state index is -0.763. The van der Waals surface area contributed by atoms with Gasteiger partial charge in [-0.25, -0.2) is 0 Å². The monoisotopic (exact) mass is 835 g/mol. The fourth-order valence-corrected chi connectivity index (χ4v) is 7.91. The highest BCUT2D eigenvalue weighted by Crippen LogP contribution is 2.18. The molecular weight excluding hydrogens is 733 g/mol. The minimum absolute atomic E-state index is 0.0651. The van der Waals surface area contributed by atoms with E-state index >= 15 is 0 Å². The summed E-state index contributed by atoms with van der Waals surface area (Å²) in [6.45, 7) is 13.7. The number of carbonyl (C=O) groups excluding carboxylic acids is 3. The first kappa shape index (κ1) is 57.4. The Morgan fingerprint density at radius 3 is 0.881 bits per heavy atom. The summed E-state index contributed by atoms with van der Waals surface area (Å²) in [6, 6.07) is 0. The average molecular weight is 835 g/mol. The summed E-state index contributed by atoms with van der Waals surface area (Å²) in [4.78, 5) is 37.9. The largest absolute Gasteiger partial charge is 0.462 e. The van der Waals surface area contributed by atoms with Gasteiger partial charge in [0.15, 0.2) is 6.10 Å². The Hall–Kier alpha value is -1.59. The molecule has 0 bridgehead atoms. The highest BCUT2D eigenvalue weighted by molar-refractivity contribution is 5.71. The summed E-state index contributed by atoms with van der Waals surface area (Å²) >= 11 is 0. The quantitative estimate of drug-likeness (QED) is 0.0345. The van der Waals surface area contributed by atoms with Gasteiger partial charge in [0.2, 0.25) is 0 Å². The zero-order valence-corrected chi connectivity index (χ0v) is 40.5. The van der Waals surface area contributed by atoms with Gasteiger partial charge in [-0.15, -0.1) is 0 Å². The van der Waals surface area contributed by atoms with Crippen molar-refractivity contribution in [1.82, 2.24) is 0 Å². The third-order valence-electron chi connectivity index (χ3n) is 12.3. The molecule has 6 heteroatoms. The van der Waals surface area contributed by atoms with Crippen molar-refractivity contribution in [1.29, 1.82) is 0 Å². The summed E-state index contributed by atoms with van der Waals surface area (Å²) in [5, 5.41) is 0. The van der Waals surface area contributed by atoms with Crippen molar-refractivity contribution < 1.29 is 28.6 Å². The topological polar surface area (TPSA) is 78.9 Å². The van der Waals surface area contributed by atoms with Gasteiger partial charge in [-0.2, -0.15) is 0 Å². The van der Waals surface area contributed by atoms with Crippen LogP contribution in [-0.2, 0) is 28.6 Å². The molecule has 0 radical (unpaired) electrons. The maximum absolute atomic E-state index is 12.8. The van der Waals surface area contributed by atoms with Gasteiger partial charge in [0.1, 0.15) is 13.2 Å². The number of rotatable bonds is 46. The van der Waals surface area contributed by atoms with Gasteiger partial charge in [0, 0.05) is 19.3 Å². The number of carbonyl (C=O) groups is 3. The predicted octanol–water partition coefficient (Wildman–Crippen LogP) is 16.8. The van der Waals surface area contributed by atoms with E-state index in [-0.39, 0.29) is 31.1 Å². The number of hydrogen-bond acceptors (Lipinski definition) is 6. The van der Waals surface area contributed by atoms with Crippen LogP contribution in [0.3, 0.4) is 0 Å². The van der Waals surface area contributed by atoms with Gasteiger partial charge >= 0.3 is 17.9 Å². The zero-order chi connectivity index (χ0) is 43.4. The summed E-state index contributed by atoms with van der Waals surface area (Å²) < 4.78 is 16.8. The second-order valence-corrected chi connectivity index (χ2v) is 19.4. The fourth-order valence-electron chi connectivity index (χ4n) is 7.91. The lowest BCUT2D eigenvalue weighted by atomic mass is 10.00. The lowest BCUT2D eigenvalue weighted by Gasteiger charge is -2.18. The Balaban J connectivity index is 4.30. The summed E-state index contributed by atoms with van der Waals surface area (Å²) in [6.07, 6.45) is 43.8. The van der Waals surface area contributed by atoms with Crippen molar-refractivity contribution in [2.24, 2.45) is 17.8 Å². The fraction of sp³-hybridized carbons (Fsp3) is 0.943. The number of esters is 3. The lowest BCUT2D eigenvalue weighted by Crippen LogP contribution is -2.30. The molecule has 0 N–H and O–H groups in total. The molecule has 0 heterocycles. The molecule has 350 valence electrons. The Labute approximate surface area is 368 Å². The Bertz CT molecular complexity index is 916. The lowest BCUT2D eigenvalue weighted by molar-refractivity contribution is -0.167. The number of unbranched alkanes of at least 4 members (excludes halogenated alkanes) is 28. The van der Waals surface area contributed by atoms with Crippen LogP contribution in [0.4, 0.5) is 0 Å². The van der Waals surface area contributed by atoms with Crippen molar-refractivity contribution in [3.8, 4) is 0 Å². The van der Waals surface area contributed by atoms with E-state index in [0.717, 1.165) is 75.5 Å². The molecule has 0 spiro atoms. The Kier molecular flexibility index (Phi) is 43.3. The molecule has 0 amide bonds. The molecule has 59 heavy (non-hydrogen) atoms. The molecule has 0 aromatic rings. The van der Waals surface area contributed by atoms with Crippen LogP contribution in [0.15, 0.2) is 0 Å². The van der Waals surface area contributed by atoms with E-state index in [0.29, 0.717) is 19.3 Å². The highest BCUT2D eigenvalue weighted by Gasteiger charge is 2.19. The van der Waals surface area contributed by atoms with Gasteiger partial charge in [-0.05, 0) is 37.0 Å². The second-order valence-electron chi connectivity index (χ2n) is 19.4. The molecule has 1 unspecified atom stereocenters. The first-order valence-corrected chi connectivity index (χ1v) is 26.1. The molecule has 6 nitrogen and oxygen atoms in total. The minimum Gasteiger partial charge on any atom is -0.462 e. The van der Waals surface area contributed by atoms with E-state index in [1.807, 2.05) is 0 Å². The number of hydrogen-bond donors (Lipinski definition) is 0. The summed E-state index contributed by atoms with van der Waals surface area (Å²) in [5.74, 6) is 1.63. The zero-order valence-electron chi connectivity index (χ0n) is 40.5. The van der Waals surface area contributed by atoms with Crippen LogP contribution in [-0.4, -0.2) is 37.2 Å². The van der Waals surface area contributed by atoms with Crippen LogP contribution in [0, 0.1) is 17.8 Å². The van der Waals surface area contributed by atoms with E-state index in [9.17, 15) is 14.4 Å². The van der Waals surface area contributed by atoms with Crippen LogP contribution >= 0.6 is 0 Å². The molecule has 0 aromatic heterocycles. The van der Waals surface area contributed by atoms with Crippen molar-refractivity contribution in [3.05, 3.63) is 0 Å². The smallest absolute Gasteiger partial charge is 0.306 e. The molecule has 0 saturated carbocycles. The molecule has 0 aliphatic carbocycles. The predicted molar refractivity (Wildman–Crippen MR) is 252 cm³/mol. The van der Waals surface area contributed by atoms with Gasteiger partial charge in [0.25, 0.3) is 0 Å². The van der Waals surface area contributed by atoms with E-state index in [1.54, 1.807) is 0 Å². The normalized spacial score (nSPS) is 12.6. The van der Waals surface area contributed by atoms with Crippen molar-refractivity contribution in [2.45, 2.75) is 292 Å². The molecule has 0 saturated heterocycles. The highest BCUT2D eigenvalue weighted by atomic mass is 16.6. The molecule has 0 rings (SSSR count). The van der Waals surface area contributed by atoms with Crippen molar-refractivity contribution in [3.63, 3.8) is 0 Å². The SMILES string of the molecule is CCC(C)CCCCCCCCC(=O)OC[C@H](COC(=O)CCCCCCCCCCCCCCCC(C)C)OC(=O)CCCCCCCCCCCCCCC(C)C. The first-order valence-electron chi connectivity index (χ1n) is 26.1. The maximum Gasteiger partial charge on any atom is 0.306 e. The summed E-state index contributed by atoms with van der Waals surface area (Å²) in [5.41, 5.74) is 0. The van der Waals surface area contributed by atoms with E-state index in [2.05, 4.69) is 41.5 Å². The standard InChI is InChI=1S/C53H102O6/c1-7-49(6)41-35-29-25-26-31-37-43-52(55)58-46-50(59-53(56)44-38-32-24-20-16-12-11-14-18-22-28-34-40-48(4)5)45-57-51(54)42-36-30-23-19-15-10-8-9-13-17-21-27-33-39-47(2)3/h47-50H,7-46H2,1-6H3/t49?,50-/m0/s1. The third kappa shape index (κ3) is 45.8. The molecular formula is C53H102O6. The van der Waals surface area contributed by atoms with Crippen molar-refractivity contribution in [2.75, 3.05) is 13.2 Å². The summed E-state index contributed by atoms with van der Waals surface area (Å²) in [7, 11) is 0. The molecule has 0 fully saturated rings. The van der Waals surface area contributed by atoms with Crippen LogP contribution in [0.1, 0.15) is 286 Å². The van der Waals surface area contributed by atoms with Gasteiger partial charge in [-0.1, -0.05) is 247 Å². The molecule has 0 aliphatic rings. The molecule has 2 atom stereocenters. The van der Waals surface area contributed by atoms with Gasteiger partial charge < -0.3 is 14.2 Å². The van der Waals surface area contributed by atoms with E-state index in [4.69, 9.17) is 14.2 Å². The third-order valence-corrected chi connectivity index (χ3v) is 12.3. The van der Waals surface area contributed by atoms with Crippen molar-refractivity contribution >= 4 is 17.9 Å². The van der Waals surface area contributed by atoms with Crippen LogP contribution in [0.25, 0.3) is 0 Å². The van der Waals surface area contributed by atoms with Crippen LogP contribution < -0.4 is 0 Å². The van der Waals surface area contributed by atoms with E-state index in [1.165, 1.54) is 167 Å². The Morgan fingerprint density at radius 1 is 0.339 bits per heavy atom. The molecule has 0 aromatic carbocycles. The van der Waals surface area contributed by atoms with E-state index < -0.39 is 6.10 Å². The van der Waals surface area contributed by atoms with Gasteiger partial charge in [-0.3, -0.25) is 14.4 Å². The Morgan fingerprint density at radius 2 is 0.593 bits per heavy atom. The molecule has 0 aliphatic heterocycles. The first-order chi connectivity index (χ1) is 28.6. The van der Waals surface area contributed by atoms with Crippen LogP contribution in [0.5, 0.6) is 0 Å². The second kappa shape index (κ2) is 44.5.